The van der Waals surface area contributed by atoms with E-state index in [-0.39, 0.29) is 18.0 Å². The van der Waals surface area contributed by atoms with Gasteiger partial charge in [0.2, 0.25) is 5.91 Å². The van der Waals surface area contributed by atoms with Crippen molar-refractivity contribution in [3.05, 3.63) is 77.1 Å². The van der Waals surface area contributed by atoms with E-state index in [1.807, 2.05) is 54.1 Å². The molecule has 0 atom stereocenters. The molecule has 11 heteroatoms. The van der Waals surface area contributed by atoms with Crippen molar-refractivity contribution in [2.45, 2.75) is 13.5 Å². The topological polar surface area (TPSA) is 111 Å². The maximum atomic E-state index is 13.0. The third-order valence-electron chi connectivity index (χ3n) is 6.20. The second-order valence-corrected chi connectivity index (χ2v) is 8.38. The van der Waals surface area contributed by atoms with Crippen LogP contribution in [0.2, 0.25) is 0 Å². The molecule has 1 aliphatic heterocycles. The molecule has 1 amide bonds. The van der Waals surface area contributed by atoms with Gasteiger partial charge in [0.1, 0.15) is 18.1 Å². The average molecular weight is 487 g/mol. The third-order valence-corrected chi connectivity index (χ3v) is 6.20. The van der Waals surface area contributed by atoms with Crippen molar-refractivity contribution < 1.29 is 9.53 Å². The van der Waals surface area contributed by atoms with Crippen LogP contribution in [0.5, 0.6) is 5.75 Å². The minimum atomic E-state index is -0.330. The molecule has 1 fully saturated rings. The Labute approximate surface area is 207 Å². The minimum absolute atomic E-state index is 0.124. The Hall–Kier alpha value is -4.54. The van der Waals surface area contributed by atoms with Crippen LogP contribution in [0.15, 0.2) is 65.7 Å². The largest absolute Gasteiger partial charge is 0.496 e. The van der Waals surface area contributed by atoms with E-state index in [1.165, 1.54) is 10.7 Å². The molecule has 1 aliphatic rings. The number of benzene rings is 1. The van der Waals surface area contributed by atoms with Crippen molar-refractivity contribution in [1.29, 1.82) is 0 Å². The van der Waals surface area contributed by atoms with Gasteiger partial charge in [-0.25, -0.2) is 9.67 Å². The highest BCUT2D eigenvalue weighted by Gasteiger charge is 2.23. The van der Waals surface area contributed by atoms with Crippen molar-refractivity contribution in [3.63, 3.8) is 0 Å². The van der Waals surface area contributed by atoms with E-state index in [4.69, 9.17) is 4.74 Å². The van der Waals surface area contributed by atoms with E-state index >= 15 is 0 Å². The first kappa shape index (κ1) is 23.2. The van der Waals surface area contributed by atoms with Gasteiger partial charge in [0.25, 0.3) is 5.56 Å². The summed E-state index contributed by atoms with van der Waals surface area (Å²) in [5.74, 6) is 2.79. The van der Waals surface area contributed by atoms with Crippen molar-refractivity contribution in [2.75, 3.05) is 38.2 Å². The summed E-state index contributed by atoms with van der Waals surface area (Å²) in [4.78, 5) is 33.5. The fraction of sp³-hybridized carbons (Fsp3) is 0.280. The van der Waals surface area contributed by atoms with Crippen LogP contribution >= 0.6 is 0 Å². The number of aryl methyl sites for hydroxylation is 1. The molecule has 36 heavy (non-hydrogen) atoms. The molecule has 5 rings (SSSR count). The standard InChI is InChI=1S/C25H26N8O3/c1-18-26-11-12-32(18)23-9-8-22(27-28-23)30-13-15-31(16-14-30)25(35)17-33-24(34)10-7-20(29-33)19-5-3-4-6-21(19)36-2/h3-12H,13-17H2,1-2H3. The van der Waals surface area contributed by atoms with Crippen LogP contribution in [0.3, 0.4) is 0 Å². The summed E-state index contributed by atoms with van der Waals surface area (Å²) < 4.78 is 8.48. The summed E-state index contributed by atoms with van der Waals surface area (Å²) in [6.45, 7) is 4.05. The zero-order valence-electron chi connectivity index (χ0n) is 20.1. The molecule has 4 aromatic rings. The summed E-state index contributed by atoms with van der Waals surface area (Å²) in [5.41, 5.74) is 0.992. The monoisotopic (exact) mass is 486 g/mol. The highest BCUT2D eigenvalue weighted by atomic mass is 16.5. The van der Waals surface area contributed by atoms with Gasteiger partial charge in [-0.3, -0.25) is 14.2 Å². The van der Waals surface area contributed by atoms with Gasteiger partial charge in [-0.05, 0) is 37.3 Å². The van der Waals surface area contributed by atoms with Crippen LogP contribution in [0.4, 0.5) is 5.82 Å². The molecule has 1 saturated heterocycles. The average Bonchev–Trinajstić information content (AvgIpc) is 3.36. The number of aromatic nitrogens is 6. The predicted molar refractivity (Wildman–Crippen MR) is 133 cm³/mol. The number of amides is 1. The van der Waals surface area contributed by atoms with Crippen LogP contribution in [0, 0.1) is 6.92 Å². The molecule has 0 radical (unpaired) electrons. The SMILES string of the molecule is COc1ccccc1-c1ccc(=O)n(CC(=O)N2CCN(c3ccc(-n4ccnc4C)nn3)CC2)n1. The van der Waals surface area contributed by atoms with Gasteiger partial charge in [0.15, 0.2) is 11.6 Å². The van der Waals surface area contributed by atoms with Gasteiger partial charge in [-0.2, -0.15) is 5.10 Å². The maximum Gasteiger partial charge on any atom is 0.267 e. The minimum Gasteiger partial charge on any atom is -0.496 e. The predicted octanol–water partition coefficient (Wildman–Crippen LogP) is 1.55. The van der Waals surface area contributed by atoms with E-state index in [9.17, 15) is 9.59 Å². The molecule has 4 heterocycles. The second kappa shape index (κ2) is 9.98. The fourth-order valence-electron chi connectivity index (χ4n) is 4.21. The lowest BCUT2D eigenvalue weighted by Gasteiger charge is -2.35. The summed E-state index contributed by atoms with van der Waals surface area (Å²) >= 11 is 0. The number of piperazine rings is 1. The van der Waals surface area contributed by atoms with Crippen molar-refractivity contribution in [1.82, 2.24) is 34.4 Å². The number of carbonyl (C=O) groups excluding carboxylic acids is 1. The highest BCUT2D eigenvalue weighted by Crippen LogP contribution is 2.27. The number of para-hydroxylation sites is 1. The maximum absolute atomic E-state index is 13.0. The fourth-order valence-corrected chi connectivity index (χ4v) is 4.21. The quantitative estimate of drug-likeness (QED) is 0.404. The second-order valence-electron chi connectivity index (χ2n) is 8.38. The highest BCUT2D eigenvalue weighted by molar-refractivity contribution is 5.76. The lowest BCUT2D eigenvalue weighted by molar-refractivity contribution is -0.132. The Morgan fingerprint density at radius 2 is 1.72 bits per heavy atom. The Kier molecular flexibility index (Phi) is 6.44. The normalized spacial score (nSPS) is 13.6. The first-order chi connectivity index (χ1) is 17.5. The first-order valence-corrected chi connectivity index (χ1v) is 11.6. The number of carbonyl (C=O) groups is 1. The molecule has 0 N–H and O–H groups in total. The van der Waals surface area contributed by atoms with Crippen molar-refractivity contribution in [3.8, 4) is 22.8 Å². The number of methoxy groups -OCH3 is 1. The Morgan fingerprint density at radius 3 is 2.42 bits per heavy atom. The van der Waals surface area contributed by atoms with Crippen LogP contribution < -0.4 is 15.2 Å². The molecule has 0 bridgehead atoms. The van der Waals surface area contributed by atoms with E-state index < -0.39 is 0 Å². The van der Waals surface area contributed by atoms with Gasteiger partial charge < -0.3 is 14.5 Å². The van der Waals surface area contributed by atoms with Gasteiger partial charge in [-0.1, -0.05) is 12.1 Å². The molecule has 1 aromatic carbocycles. The summed E-state index contributed by atoms with van der Waals surface area (Å²) in [6, 6.07) is 14.3. The number of imidazole rings is 1. The van der Waals surface area contributed by atoms with Gasteiger partial charge >= 0.3 is 0 Å². The molecule has 0 spiro atoms. The Balaban J connectivity index is 1.23. The zero-order valence-corrected chi connectivity index (χ0v) is 20.1. The molecule has 0 aliphatic carbocycles. The Bertz CT molecular complexity index is 1420. The summed E-state index contributed by atoms with van der Waals surface area (Å²) in [7, 11) is 1.58. The zero-order chi connectivity index (χ0) is 25.1. The number of ether oxygens (including phenoxy) is 1. The number of rotatable bonds is 6. The van der Waals surface area contributed by atoms with Crippen LogP contribution in [0.1, 0.15) is 5.82 Å². The van der Waals surface area contributed by atoms with E-state index in [2.05, 4.69) is 25.2 Å². The lowest BCUT2D eigenvalue weighted by Crippen LogP contribution is -2.50. The van der Waals surface area contributed by atoms with E-state index in [1.54, 1.807) is 24.3 Å². The molecular weight excluding hydrogens is 460 g/mol. The molecule has 0 saturated carbocycles. The lowest BCUT2D eigenvalue weighted by atomic mass is 10.1. The summed E-state index contributed by atoms with van der Waals surface area (Å²) in [5, 5.41) is 13.1. The number of hydrogen-bond donors (Lipinski definition) is 0. The number of hydrogen-bond acceptors (Lipinski definition) is 8. The first-order valence-electron chi connectivity index (χ1n) is 11.6. The van der Waals surface area contributed by atoms with Crippen molar-refractivity contribution >= 4 is 11.7 Å². The Morgan fingerprint density at radius 1 is 0.972 bits per heavy atom. The van der Waals surface area contributed by atoms with Gasteiger partial charge in [0, 0.05) is 50.2 Å². The smallest absolute Gasteiger partial charge is 0.267 e. The number of nitrogens with zero attached hydrogens (tertiary/aromatic N) is 8. The van der Waals surface area contributed by atoms with Crippen LogP contribution in [-0.2, 0) is 11.3 Å². The van der Waals surface area contributed by atoms with Gasteiger partial charge in [0.05, 0.1) is 12.8 Å². The third kappa shape index (κ3) is 4.67. The van der Waals surface area contributed by atoms with E-state index in [0.29, 0.717) is 43.4 Å². The summed E-state index contributed by atoms with van der Waals surface area (Å²) in [6.07, 6.45) is 3.56. The molecule has 11 nitrogen and oxygen atoms in total. The van der Waals surface area contributed by atoms with Crippen molar-refractivity contribution in [2.24, 2.45) is 0 Å². The van der Waals surface area contributed by atoms with E-state index in [0.717, 1.165) is 17.2 Å². The molecule has 0 unspecified atom stereocenters. The molecule has 184 valence electrons. The molecular formula is C25H26N8O3. The van der Waals surface area contributed by atoms with Gasteiger partial charge in [-0.15, -0.1) is 10.2 Å². The number of anilines is 1. The van der Waals surface area contributed by atoms with Crippen LogP contribution in [-0.4, -0.2) is 73.6 Å². The molecule has 3 aromatic heterocycles. The van der Waals surface area contributed by atoms with Crippen LogP contribution in [0.25, 0.3) is 17.1 Å².